The van der Waals surface area contributed by atoms with Crippen LogP contribution in [0.3, 0.4) is 0 Å². The van der Waals surface area contributed by atoms with Gasteiger partial charge < -0.3 is 15.0 Å². The Hall–Kier alpha value is -2.15. The number of hydrogen-bond donors (Lipinski definition) is 2. The second-order valence-electron chi connectivity index (χ2n) is 5.48. The van der Waals surface area contributed by atoms with Crippen molar-refractivity contribution in [2.75, 3.05) is 0 Å². The molecule has 1 amide bonds. The van der Waals surface area contributed by atoms with Crippen LogP contribution in [0.1, 0.15) is 40.5 Å². The molecule has 2 aromatic rings. The molecule has 6 nitrogen and oxygen atoms in total. The number of carbonyl (C=O) groups is 2. The van der Waals surface area contributed by atoms with E-state index in [4.69, 9.17) is 5.11 Å². The van der Waals surface area contributed by atoms with Crippen molar-refractivity contribution in [3.8, 4) is 0 Å². The number of amides is 1. The summed E-state index contributed by atoms with van der Waals surface area (Å²) in [5.74, 6) is -1.01. The van der Waals surface area contributed by atoms with Gasteiger partial charge in [0.15, 0.2) is 0 Å². The average Bonchev–Trinajstić information content (AvgIpc) is 3.18. The van der Waals surface area contributed by atoms with Crippen LogP contribution in [-0.2, 0) is 11.2 Å². The summed E-state index contributed by atoms with van der Waals surface area (Å²) in [4.78, 5) is 27.4. The maximum atomic E-state index is 12.2. The fourth-order valence-corrected chi connectivity index (χ4v) is 3.70. The van der Waals surface area contributed by atoms with E-state index >= 15 is 0 Å². The van der Waals surface area contributed by atoms with Gasteiger partial charge in [-0.3, -0.25) is 4.79 Å². The molecule has 1 aliphatic rings. The van der Waals surface area contributed by atoms with Gasteiger partial charge in [-0.1, -0.05) is 0 Å². The highest BCUT2D eigenvalue weighted by Crippen LogP contribution is 2.30. The molecule has 22 heavy (non-hydrogen) atoms. The molecule has 1 saturated carbocycles. The zero-order valence-corrected chi connectivity index (χ0v) is 12.8. The average molecular weight is 319 g/mol. The van der Waals surface area contributed by atoms with Gasteiger partial charge in [0.25, 0.3) is 0 Å². The highest BCUT2D eigenvalue weighted by molar-refractivity contribution is 7.12. The normalized spacial score (nSPS) is 20.9. The summed E-state index contributed by atoms with van der Waals surface area (Å²) in [6.07, 6.45) is 8.74. The standard InChI is InChI=1S/C15H17N3O3S/c19-14(7-10-6-13(15(20)21)22-8-10)17-11-2-1-3-12(11)18-5-4-16-9-18/h4-6,8-9,11-12H,1-3,7H2,(H,17,19)(H,20,21)/t11-,12+/m1/s1. The number of nitrogens with zero attached hydrogens (tertiary/aromatic N) is 2. The van der Waals surface area contributed by atoms with Crippen molar-refractivity contribution in [3.05, 3.63) is 40.6 Å². The summed E-state index contributed by atoms with van der Waals surface area (Å²) in [6.45, 7) is 0. The number of nitrogens with one attached hydrogen (secondary N) is 1. The molecular formula is C15H17N3O3S. The lowest BCUT2D eigenvalue weighted by Crippen LogP contribution is -2.38. The van der Waals surface area contributed by atoms with E-state index < -0.39 is 5.97 Å². The van der Waals surface area contributed by atoms with E-state index in [2.05, 4.69) is 10.3 Å². The topological polar surface area (TPSA) is 84.2 Å². The van der Waals surface area contributed by atoms with Crippen LogP contribution in [0.2, 0.25) is 0 Å². The molecule has 2 heterocycles. The lowest BCUT2D eigenvalue weighted by Gasteiger charge is -2.22. The third-order valence-corrected chi connectivity index (χ3v) is 4.93. The summed E-state index contributed by atoms with van der Waals surface area (Å²) in [7, 11) is 0. The summed E-state index contributed by atoms with van der Waals surface area (Å²) in [5.41, 5.74) is 0.747. The van der Waals surface area contributed by atoms with E-state index in [-0.39, 0.29) is 29.3 Å². The number of aromatic nitrogens is 2. The monoisotopic (exact) mass is 319 g/mol. The number of carboxylic acid groups (broad SMARTS) is 1. The summed E-state index contributed by atoms with van der Waals surface area (Å²) < 4.78 is 2.05. The van der Waals surface area contributed by atoms with Gasteiger partial charge in [-0.05, 0) is 36.3 Å². The molecule has 7 heteroatoms. The van der Waals surface area contributed by atoms with E-state index in [1.165, 1.54) is 0 Å². The van der Waals surface area contributed by atoms with E-state index in [1.807, 2.05) is 10.8 Å². The zero-order valence-electron chi connectivity index (χ0n) is 11.9. The first-order valence-corrected chi connectivity index (χ1v) is 8.09. The third-order valence-electron chi connectivity index (χ3n) is 3.96. The Bertz CT molecular complexity index is 665. The SMILES string of the molecule is O=C(Cc1csc(C(=O)O)c1)N[C@@H]1CCC[C@@H]1n1ccnc1. The number of rotatable bonds is 5. The maximum absolute atomic E-state index is 12.2. The van der Waals surface area contributed by atoms with Gasteiger partial charge in [-0.25, -0.2) is 9.78 Å². The summed E-state index contributed by atoms with van der Waals surface area (Å²) in [6, 6.07) is 1.93. The van der Waals surface area contributed by atoms with Gasteiger partial charge in [-0.2, -0.15) is 0 Å². The Morgan fingerprint density at radius 1 is 1.45 bits per heavy atom. The van der Waals surface area contributed by atoms with Crippen molar-refractivity contribution in [2.24, 2.45) is 0 Å². The second-order valence-corrected chi connectivity index (χ2v) is 6.39. The zero-order chi connectivity index (χ0) is 15.5. The molecule has 116 valence electrons. The predicted octanol–water partition coefficient (Wildman–Crippen LogP) is 2.10. The van der Waals surface area contributed by atoms with Gasteiger partial charge in [0.05, 0.1) is 18.8 Å². The van der Waals surface area contributed by atoms with E-state index in [1.54, 1.807) is 24.0 Å². The first-order valence-electron chi connectivity index (χ1n) is 7.21. The highest BCUT2D eigenvalue weighted by atomic mass is 32.1. The van der Waals surface area contributed by atoms with Crippen LogP contribution in [0.4, 0.5) is 0 Å². The highest BCUT2D eigenvalue weighted by Gasteiger charge is 2.29. The largest absolute Gasteiger partial charge is 0.477 e. The molecule has 1 fully saturated rings. The van der Waals surface area contributed by atoms with Crippen LogP contribution >= 0.6 is 11.3 Å². The van der Waals surface area contributed by atoms with E-state index in [9.17, 15) is 9.59 Å². The van der Waals surface area contributed by atoms with Crippen molar-refractivity contribution in [3.63, 3.8) is 0 Å². The first kappa shape index (κ1) is 14.8. The van der Waals surface area contributed by atoms with Crippen LogP contribution in [0.5, 0.6) is 0 Å². The minimum Gasteiger partial charge on any atom is -0.477 e. The maximum Gasteiger partial charge on any atom is 0.345 e. The second kappa shape index (κ2) is 6.31. The van der Waals surface area contributed by atoms with Crippen LogP contribution in [0.15, 0.2) is 30.2 Å². The molecule has 3 rings (SSSR count). The Labute approximate surface area is 131 Å². The smallest absolute Gasteiger partial charge is 0.345 e. The molecule has 2 atom stereocenters. The van der Waals surface area contributed by atoms with Crippen LogP contribution in [0, 0.1) is 0 Å². The molecule has 0 bridgehead atoms. The van der Waals surface area contributed by atoms with Crippen LogP contribution in [0.25, 0.3) is 0 Å². The van der Waals surface area contributed by atoms with Gasteiger partial charge in [0, 0.05) is 18.4 Å². The van der Waals surface area contributed by atoms with E-state index in [0.717, 1.165) is 36.2 Å². The van der Waals surface area contributed by atoms with Gasteiger partial charge in [-0.15, -0.1) is 11.3 Å². The number of carboxylic acids is 1. The van der Waals surface area contributed by atoms with E-state index in [0.29, 0.717) is 0 Å². The first-order chi connectivity index (χ1) is 10.6. The summed E-state index contributed by atoms with van der Waals surface area (Å²) in [5, 5.41) is 13.7. The molecule has 0 radical (unpaired) electrons. The van der Waals surface area contributed by atoms with Crippen LogP contribution < -0.4 is 5.32 Å². The molecule has 1 aliphatic carbocycles. The number of thiophene rings is 1. The van der Waals surface area contributed by atoms with Crippen molar-refractivity contribution in [1.29, 1.82) is 0 Å². The molecule has 2 N–H and O–H groups in total. The quantitative estimate of drug-likeness (QED) is 0.884. The van der Waals surface area contributed by atoms with Crippen molar-refractivity contribution in [1.82, 2.24) is 14.9 Å². The minimum absolute atomic E-state index is 0.0632. The molecular weight excluding hydrogens is 302 g/mol. The number of hydrogen-bond acceptors (Lipinski definition) is 4. The third kappa shape index (κ3) is 3.19. The fraction of sp³-hybridized carbons (Fsp3) is 0.400. The number of aromatic carboxylic acids is 1. The Kier molecular flexibility index (Phi) is 4.24. The van der Waals surface area contributed by atoms with Crippen molar-refractivity contribution >= 4 is 23.2 Å². The number of imidazole rings is 1. The lowest BCUT2D eigenvalue weighted by molar-refractivity contribution is -0.121. The molecule has 0 aliphatic heterocycles. The van der Waals surface area contributed by atoms with Crippen LogP contribution in [-0.4, -0.2) is 32.6 Å². The van der Waals surface area contributed by atoms with Crippen molar-refractivity contribution < 1.29 is 14.7 Å². The minimum atomic E-state index is -0.951. The predicted molar refractivity (Wildman–Crippen MR) is 82.0 cm³/mol. The molecule has 0 aromatic carbocycles. The van der Waals surface area contributed by atoms with Gasteiger partial charge in [0.2, 0.25) is 5.91 Å². The molecule has 0 unspecified atom stereocenters. The Morgan fingerprint density at radius 3 is 3.00 bits per heavy atom. The Balaban J connectivity index is 1.60. The lowest BCUT2D eigenvalue weighted by atomic mass is 10.1. The molecule has 0 saturated heterocycles. The number of carbonyl (C=O) groups excluding carboxylic acids is 1. The fourth-order valence-electron chi connectivity index (χ4n) is 2.95. The van der Waals surface area contributed by atoms with Crippen molar-refractivity contribution in [2.45, 2.75) is 37.8 Å². The summed E-state index contributed by atoms with van der Waals surface area (Å²) >= 11 is 1.15. The van der Waals surface area contributed by atoms with Gasteiger partial charge in [0.1, 0.15) is 4.88 Å². The Morgan fingerprint density at radius 2 is 2.32 bits per heavy atom. The van der Waals surface area contributed by atoms with Gasteiger partial charge >= 0.3 is 5.97 Å². The molecule has 2 aromatic heterocycles. The molecule has 0 spiro atoms.